The number of hydrogen-bond donors (Lipinski definition) is 0. The number of carboxylic acid groups (broad SMARTS) is 1. The summed E-state index contributed by atoms with van der Waals surface area (Å²) in [7, 11) is 0. The normalized spacial score (nSPS) is 11.1. The van der Waals surface area contributed by atoms with Crippen molar-refractivity contribution in [3.63, 3.8) is 0 Å². The van der Waals surface area contributed by atoms with Crippen LogP contribution in [0.1, 0.15) is 35.3 Å². The van der Waals surface area contributed by atoms with E-state index in [0.29, 0.717) is 30.0 Å². The standard InChI is InChI=1S/C38H34N2O3/c1-3-39(4-2)30-19-21-33-36(24-30)43-35-22-20-29(23-34(35)37(33)31-17-11-12-18-32(31)38(41)42)40(25-27-13-7-5-8-14-27)26-28-15-9-6-10-16-28/h5-24H,3-4,25-26H2,1-2H3. The van der Waals surface area contributed by atoms with Gasteiger partial charge in [0, 0.05) is 46.9 Å². The second-order valence-corrected chi connectivity index (χ2v) is 10.7. The lowest BCUT2D eigenvalue weighted by Crippen LogP contribution is -2.29. The molecular weight excluding hydrogens is 532 g/mol. The maximum atomic E-state index is 12.3. The van der Waals surface area contributed by atoms with Crippen molar-refractivity contribution in [3.8, 4) is 22.5 Å². The number of anilines is 1. The van der Waals surface area contributed by atoms with Crippen LogP contribution >= 0.6 is 0 Å². The average Bonchev–Trinajstić information content (AvgIpc) is 3.04. The Labute approximate surface area is 252 Å². The van der Waals surface area contributed by atoms with Crippen molar-refractivity contribution >= 4 is 22.6 Å². The first-order valence-corrected chi connectivity index (χ1v) is 14.8. The van der Waals surface area contributed by atoms with E-state index < -0.39 is 5.97 Å². The molecule has 0 spiro atoms. The van der Waals surface area contributed by atoms with E-state index in [1.165, 1.54) is 11.1 Å². The van der Waals surface area contributed by atoms with E-state index >= 15 is 0 Å². The summed E-state index contributed by atoms with van der Waals surface area (Å²) in [5.41, 5.74) is 6.55. The van der Waals surface area contributed by atoms with Crippen LogP contribution in [0.15, 0.2) is 126 Å². The van der Waals surface area contributed by atoms with Gasteiger partial charge in [-0.05, 0) is 54.8 Å². The quantitative estimate of drug-likeness (QED) is 0.146. The minimum atomic E-state index is -1.21. The Kier molecular flexibility index (Phi) is 8.05. The molecule has 214 valence electrons. The SMILES string of the molecule is CC[N+](CC)=c1ccc2c(-c3ccccc3C(=O)[O-])c3cc(N(Cc4ccccc4)Cc4ccccc4)ccc3oc-2c1. The first-order valence-electron chi connectivity index (χ1n) is 14.8. The van der Waals surface area contributed by atoms with E-state index in [1.54, 1.807) is 12.1 Å². The van der Waals surface area contributed by atoms with Crippen molar-refractivity contribution in [2.75, 3.05) is 18.0 Å². The number of hydrogen-bond acceptors (Lipinski definition) is 4. The van der Waals surface area contributed by atoms with E-state index in [-0.39, 0.29) is 5.56 Å². The Balaban J connectivity index is 1.61. The Bertz CT molecular complexity index is 1880. The molecule has 1 aliphatic heterocycles. The minimum absolute atomic E-state index is 0.153. The number of aromatic carboxylic acids is 1. The molecule has 0 saturated carbocycles. The highest BCUT2D eigenvalue weighted by Gasteiger charge is 2.22. The number of nitrogens with zero attached hydrogens (tertiary/aromatic N) is 2. The molecule has 0 N–H and O–H groups in total. The van der Waals surface area contributed by atoms with Crippen molar-refractivity contribution in [2.24, 2.45) is 0 Å². The van der Waals surface area contributed by atoms with Gasteiger partial charge in [0.2, 0.25) is 5.36 Å². The van der Waals surface area contributed by atoms with Crippen LogP contribution in [0.3, 0.4) is 0 Å². The van der Waals surface area contributed by atoms with Gasteiger partial charge in [0.1, 0.15) is 24.4 Å². The van der Waals surface area contributed by atoms with Gasteiger partial charge in [-0.3, -0.25) is 0 Å². The van der Waals surface area contributed by atoms with Gasteiger partial charge in [-0.1, -0.05) is 84.9 Å². The third-order valence-electron chi connectivity index (χ3n) is 8.03. The molecule has 5 nitrogen and oxygen atoms in total. The maximum Gasteiger partial charge on any atom is 0.203 e. The number of benzene rings is 5. The zero-order chi connectivity index (χ0) is 29.8. The van der Waals surface area contributed by atoms with Crippen molar-refractivity contribution in [1.82, 2.24) is 4.58 Å². The third-order valence-corrected chi connectivity index (χ3v) is 8.03. The number of rotatable bonds is 9. The molecule has 0 amide bonds. The third kappa shape index (κ3) is 5.80. The van der Waals surface area contributed by atoms with Gasteiger partial charge < -0.3 is 19.2 Å². The molecule has 4 aromatic rings. The molecule has 0 bridgehead atoms. The van der Waals surface area contributed by atoms with E-state index in [0.717, 1.165) is 40.6 Å². The molecule has 0 unspecified atom stereocenters. The summed E-state index contributed by atoms with van der Waals surface area (Å²) in [5, 5.41) is 14.2. The van der Waals surface area contributed by atoms with Crippen molar-refractivity contribution in [2.45, 2.75) is 26.9 Å². The molecule has 5 heteroatoms. The van der Waals surface area contributed by atoms with Crippen LogP contribution in [-0.4, -0.2) is 19.1 Å². The summed E-state index contributed by atoms with van der Waals surface area (Å²) < 4.78 is 8.82. The summed E-state index contributed by atoms with van der Waals surface area (Å²) in [4.78, 5) is 14.7. The number of carboxylic acids is 1. The lowest BCUT2D eigenvalue weighted by Gasteiger charge is -2.26. The Morgan fingerprint density at radius 1 is 0.721 bits per heavy atom. The van der Waals surface area contributed by atoms with E-state index in [9.17, 15) is 9.90 Å². The predicted octanol–water partition coefficient (Wildman–Crippen LogP) is 6.59. The monoisotopic (exact) mass is 566 g/mol. The Hall–Kier alpha value is -5.16. The fourth-order valence-corrected chi connectivity index (χ4v) is 5.87. The first-order chi connectivity index (χ1) is 21.1. The molecule has 43 heavy (non-hydrogen) atoms. The molecule has 0 fully saturated rings. The highest BCUT2D eigenvalue weighted by Crippen LogP contribution is 2.42. The van der Waals surface area contributed by atoms with E-state index in [1.807, 2.05) is 36.4 Å². The topological polar surface area (TPSA) is 59.5 Å². The van der Waals surface area contributed by atoms with Gasteiger partial charge in [0.15, 0.2) is 0 Å². The first kappa shape index (κ1) is 28.0. The fourth-order valence-electron chi connectivity index (χ4n) is 5.87. The highest BCUT2D eigenvalue weighted by atomic mass is 16.4. The van der Waals surface area contributed by atoms with Crippen LogP contribution in [0.4, 0.5) is 5.69 Å². The fraction of sp³-hybridized carbons (Fsp3) is 0.158. The number of carbonyl (C=O) groups is 1. The molecular formula is C38H34N2O3. The Morgan fingerprint density at radius 3 is 1.98 bits per heavy atom. The van der Waals surface area contributed by atoms with Gasteiger partial charge in [-0.2, -0.15) is 0 Å². The zero-order valence-electron chi connectivity index (χ0n) is 24.5. The van der Waals surface area contributed by atoms with Gasteiger partial charge in [0.25, 0.3) is 0 Å². The average molecular weight is 567 g/mol. The molecule has 1 aliphatic carbocycles. The molecule has 1 heterocycles. The highest BCUT2D eigenvalue weighted by molar-refractivity contribution is 6.07. The molecule has 6 rings (SSSR count). The zero-order valence-corrected chi connectivity index (χ0v) is 24.5. The summed E-state index contributed by atoms with van der Waals surface area (Å²) in [5.74, 6) is -0.499. The second-order valence-electron chi connectivity index (χ2n) is 10.7. The number of carbonyl (C=O) groups excluding carboxylic acids is 1. The van der Waals surface area contributed by atoms with Gasteiger partial charge in [-0.25, -0.2) is 4.58 Å². The predicted molar refractivity (Wildman–Crippen MR) is 172 cm³/mol. The smallest absolute Gasteiger partial charge is 0.203 e. The molecule has 0 atom stereocenters. The van der Waals surface area contributed by atoms with Gasteiger partial charge in [0.05, 0.1) is 12.0 Å². The minimum Gasteiger partial charge on any atom is -0.545 e. The van der Waals surface area contributed by atoms with E-state index in [2.05, 4.69) is 96.1 Å². The summed E-state index contributed by atoms with van der Waals surface area (Å²) >= 11 is 0. The Morgan fingerprint density at radius 2 is 1.35 bits per heavy atom. The van der Waals surface area contributed by atoms with Crippen LogP contribution in [0.25, 0.3) is 33.4 Å². The summed E-state index contributed by atoms with van der Waals surface area (Å²) in [6.45, 7) is 7.43. The van der Waals surface area contributed by atoms with Crippen molar-refractivity contribution in [1.29, 1.82) is 0 Å². The van der Waals surface area contributed by atoms with Crippen molar-refractivity contribution < 1.29 is 14.3 Å². The van der Waals surface area contributed by atoms with Crippen molar-refractivity contribution in [3.05, 3.63) is 143 Å². The molecule has 0 saturated heterocycles. The lowest BCUT2D eigenvalue weighted by atomic mass is 9.90. The van der Waals surface area contributed by atoms with Crippen LogP contribution in [0.2, 0.25) is 0 Å². The molecule has 0 radical (unpaired) electrons. The van der Waals surface area contributed by atoms with Crippen LogP contribution < -0.4 is 19.9 Å². The van der Waals surface area contributed by atoms with Crippen LogP contribution in [0.5, 0.6) is 0 Å². The van der Waals surface area contributed by atoms with Crippen LogP contribution in [-0.2, 0) is 13.1 Å². The summed E-state index contributed by atoms with van der Waals surface area (Å²) in [6.07, 6.45) is 0. The van der Waals surface area contributed by atoms with E-state index in [4.69, 9.17) is 4.42 Å². The molecule has 2 aliphatic rings. The van der Waals surface area contributed by atoms with Gasteiger partial charge >= 0.3 is 0 Å². The number of fused-ring (bicyclic) bond motifs is 2. The summed E-state index contributed by atoms with van der Waals surface area (Å²) in [6, 6.07) is 40.3. The maximum absolute atomic E-state index is 12.3. The molecule has 0 aromatic heterocycles. The largest absolute Gasteiger partial charge is 0.545 e. The van der Waals surface area contributed by atoms with Gasteiger partial charge in [-0.15, -0.1) is 0 Å². The van der Waals surface area contributed by atoms with Crippen LogP contribution in [0, 0.1) is 0 Å². The second kappa shape index (κ2) is 12.4. The molecule has 4 aromatic carbocycles. The lowest BCUT2D eigenvalue weighted by molar-refractivity contribution is -0.254.